The fraction of sp³-hybridized carbons (Fsp3) is 0.154. The third kappa shape index (κ3) is 2.63. The Morgan fingerprint density at radius 1 is 1.42 bits per heavy atom. The normalized spacial score (nSPS) is 11.8. The minimum absolute atomic E-state index is 0.534. The SMILES string of the molecule is Cc1ncsc1N(C=O)C(C(=O)O)c1ccccc1. The number of hydrogen-bond donors (Lipinski definition) is 1. The van der Waals surface area contributed by atoms with Gasteiger partial charge in [0, 0.05) is 0 Å². The fourth-order valence-corrected chi connectivity index (χ4v) is 2.63. The first-order valence-corrected chi connectivity index (χ1v) is 6.44. The van der Waals surface area contributed by atoms with E-state index in [1.165, 1.54) is 16.2 Å². The van der Waals surface area contributed by atoms with E-state index >= 15 is 0 Å². The zero-order valence-corrected chi connectivity index (χ0v) is 11.0. The number of carboxylic acid groups (broad SMARTS) is 1. The number of thiazole rings is 1. The second kappa shape index (κ2) is 5.62. The van der Waals surface area contributed by atoms with Crippen molar-refractivity contribution in [2.45, 2.75) is 13.0 Å². The van der Waals surface area contributed by atoms with Gasteiger partial charge in [0.2, 0.25) is 6.41 Å². The van der Waals surface area contributed by atoms with E-state index in [2.05, 4.69) is 4.98 Å². The van der Waals surface area contributed by atoms with E-state index in [4.69, 9.17) is 0 Å². The Hall–Kier alpha value is -2.21. The molecule has 5 nitrogen and oxygen atoms in total. The highest BCUT2D eigenvalue weighted by Gasteiger charge is 2.29. The van der Waals surface area contributed by atoms with Crippen LogP contribution in [0, 0.1) is 6.92 Å². The van der Waals surface area contributed by atoms with Crippen LogP contribution in [-0.4, -0.2) is 22.5 Å². The number of carbonyl (C=O) groups is 2. The minimum Gasteiger partial charge on any atom is -0.479 e. The molecule has 1 N–H and O–H groups in total. The van der Waals surface area contributed by atoms with Gasteiger partial charge < -0.3 is 5.11 Å². The van der Waals surface area contributed by atoms with Crippen molar-refractivity contribution in [1.29, 1.82) is 0 Å². The Kier molecular flexibility index (Phi) is 3.91. The van der Waals surface area contributed by atoms with E-state index < -0.39 is 12.0 Å². The number of carbonyl (C=O) groups excluding carboxylic acids is 1. The van der Waals surface area contributed by atoms with Gasteiger partial charge in [0.25, 0.3) is 0 Å². The molecule has 0 saturated heterocycles. The summed E-state index contributed by atoms with van der Waals surface area (Å²) in [5.74, 6) is -1.08. The molecule has 0 bridgehead atoms. The molecule has 2 aromatic rings. The predicted molar refractivity (Wildman–Crippen MR) is 72.2 cm³/mol. The fourth-order valence-electron chi connectivity index (χ4n) is 1.83. The number of aromatic nitrogens is 1. The highest BCUT2D eigenvalue weighted by atomic mass is 32.1. The predicted octanol–water partition coefficient (Wildman–Crippen LogP) is 2.24. The Morgan fingerprint density at radius 3 is 2.58 bits per heavy atom. The molecule has 1 aromatic heterocycles. The van der Waals surface area contributed by atoms with E-state index in [0.717, 1.165) is 0 Å². The summed E-state index contributed by atoms with van der Waals surface area (Å²) in [6.45, 7) is 1.74. The molecule has 1 atom stereocenters. The third-order valence-corrected chi connectivity index (χ3v) is 3.64. The first-order valence-electron chi connectivity index (χ1n) is 5.56. The number of rotatable bonds is 5. The van der Waals surface area contributed by atoms with Gasteiger partial charge in [-0.2, -0.15) is 0 Å². The molecule has 0 aliphatic rings. The average Bonchev–Trinajstić information content (AvgIpc) is 2.82. The topological polar surface area (TPSA) is 70.5 Å². The van der Waals surface area contributed by atoms with Gasteiger partial charge >= 0.3 is 5.97 Å². The summed E-state index contributed by atoms with van der Waals surface area (Å²) < 4.78 is 0. The van der Waals surface area contributed by atoms with Crippen molar-refractivity contribution >= 4 is 28.7 Å². The number of aliphatic carboxylic acids is 1. The lowest BCUT2D eigenvalue weighted by atomic mass is 10.1. The molecule has 1 aromatic carbocycles. The Bertz CT molecular complexity index is 583. The largest absolute Gasteiger partial charge is 0.479 e. The lowest BCUT2D eigenvalue weighted by Crippen LogP contribution is -2.33. The standard InChI is InChI=1S/C13H12N2O3S/c1-9-12(19-7-14-9)15(8-16)11(13(17)18)10-5-3-2-4-6-10/h2-8,11H,1H3,(H,17,18). The van der Waals surface area contributed by atoms with E-state index in [1.54, 1.807) is 42.8 Å². The summed E-state index contributed by atoms with van der Waals surface area (Å²) in [7, 11) is 0. The molecule has 19 heavy (non-hydrogen) atoms. The van der Waals surface area contributed by atoms with E-state index in [0.29, 0.717) is 22.7 Å². The quantitative estimate of drug-likeness (QED) is 0.850. The maximum absolute atomic E-state index is 11.5. The van der Waals surface area contributed by atoms with Crippen molar-refractivity contribution in [2.24, 2.45) is 0 Å². The first-order chi connectivity index (χ1) is 9.15. The summed E-state index contributed by atoms with van der Waals surface area (Å²) in [6.07, 6.45) is 0.534. The molecule has 1 heterocycles. The number of amides is 1. The van der Waals surface area contributed by atoms with Crippen molar-refractivity contribution < 1.29 is 14.7 Å². The molecule has 0 spiro atoms. The second-order valence-electron chi connectivity index (χ2n) is 3.91. The minimum atomic E-state index is -1.08. The lowest BCUT2D eigenvalue weighted by Gasteiger charge is -2.24. The number of anilines is 1. The van der Waals surface area contributed by atoms with Crippen LogP contribution in [0.5, 0.6) is 0 Å². The highest BCUT2D eigenvalue weighted by Crippen LogP contribution is 2.31. The number of benzene rings is 1. The summed E-state index contributed by atoms with van der Waals surface area (Å²) in [5.41, 5.74) is 2.78. The Balaban J connectivity index is 2.46. The van der Waals surface area contributed by atoms with E-state index in [1.807, 2.05) is 0 Å². The van der Waals surface area contributed by atoms with Crippen LogP contribution in [0.4, 0.5) is 5.00 Å². The summed E-state index contributed by atoms with van der Waals surface area (Å²) in [5, 5.41) is 9.95. The van der Waals surface area contributed by atoms with Crippen LogP contribution in [0.2, 0.25) is 0 Å². The molecule has 0 aliphatic heterocycles. The number of nitrogens with zero attached hydrogens (tertiary/aromatic N) is 2. The zero-order valence-electron chi connectivity index (χ0n) is 10.2. The summed E-state index contributed by atoms with van der Waals surface area (Å²) in [6, 6.07) is 7.61. The molecule has 6 heteroatoms. The van der Waals surface area contributed by atoms with Gasteiger partial charge in [-0.05, 0) is 12.5 Å². The van der Waals surface area contributed by atoms with Gasteiger partial charge in [0.15, 0.2) is 6.04 Å². The van der Waals surface area contributed by atoms with Gasteiger partial charge in [-0.1, -0.05) is 30.3 Å². The molecule has 0 radical (unpaired) electrons. The van der Waals surface area contributed by atoms with Crippen LogP contribution >= 0.6 is 11.3 Å². The maximum atomic E-state index is 11.5. The highest BCUT2D eigenvalue weighted by molar-refractivity contribution is 7.14. The van der Waals surface area contributed by atoms with E-state index in [-0.39, 0.29) is 0 Å². The van der Waals surface area contributed by atoms with Crippen LogP contribution in [0.25, 0.3) is 0 Å². The molecule has 0 aliphatic carbocycles. The molecule has 98 valence electrons. The van der Waals surface area contributed by atoms with Gasteiger partial charge in [-0.15, -0.1) is 11.3 Å². The smallest absolute Gasteiger partial charge is 0.331 e. The van der Waals surface area contributed by atoms with Gasteiger partial charge in [0.05, 0.1) is 11.2 Å². The molecule has 0 saturated carbocycles. The third-order valence-electron chi connectivity index (χ3n) is 2.70. The maximum Gasteiger partial charge on any atom is 0.331 e. The monoisotopic (exact) mass is 276 g/mol. The van der Waals surface area contributed by atoms with Crippen LogP contribution in [0.3, 0.4) is 0 Å². The molecular weight excluding hydrogens is 264 g/mol. The summed E-state index contributed by atoms with van der Waals surface area (Å²) >= 11 is 1.24. The number of carboxylic acids is 1. The van der Waals surface area contributed by atoms with Crippen molar-refractivity contribution in [1.82, 2.24) is 4.98 Å². The molecule has 1 amide bonds. The van der Waals surface area contributed by atoms with Gasteiger partial charge in [-0.3, -0.25) is 9.69 Å². The molecule has 1 unspecified atom stereocenters. The van der Waals surface area contributed by atoms with Crippen molar-refractivity contribution in [3.63, 3.8) is 0 Å². The average molecular weight is 276 g/mol. The first kappa shape index (κ1) is 13.2. The van der Waals surface area contributed by atoms with Gasteiger partial charge in [0.1, 0.15) is 5.00 Å². The number of aryl methyl sites for hydroxylation is 1. The number of hydrogen-bond acceptors (Lipinski definition) is 4. The molecule has 2 rings (SSSR count). The second-order valence-corrected chi connectivity index (χ2v) is 4.74. The van der Waals surface area contributed by atoms with Crippen LogP contribution in [0.15, 0.2) is 35.8 Å². The Morgan fingerprint density at radius 2 is 2.11 bits per heavy atom. The zero-order chi connectivity index (χ0) is 13.8. The molecular formula is C13H12N2O3S. The van der Waals surface area contributed by atoms with Crippen molar-refractivity contribution in [2.75, 3.05) is 4.90 Å². The van der Waals surface area contributed by atoms with Crippen LogP contribution in [-0.2, 0) is 9.59 Å². The van der Waals surface area contributed by atoms with E-state index in [9.17, 15) is 14.7 Å². The van der Waals surface area contributed by atoms with Crippen molar-refractivity contribution in [3.05, 3.63) is 47.1 Å². The molecule has 0 fully saturated rings. The lowest BCUT2D eigenvalue weighted by molar-refractivity contribution is -0.139. The van der Waals surface area contributed by atoms with Crippen LogP contribution in [0.1, 0.15) is 17.3 Å². The van der Waals surface area contributed by atoms with Crippen molar-refractivity contribution in [3.8, 4) is 0 Å². The summed E-state index contributed by atoms with van der Waals surface area (Å²) in [4.78, 5) is 28.1. The van der Waals surface area contributed by atoms with Gasteiger partial charge in [-0.25, -0.2) is 9.78 Å². The van der Waals surface area contributed by atoms with Crippen LogP contribution < -0.4 is 4.90 Å². The Labute approximate surface area is 114 Å².